The van der Waals surface area contributed by atoms with Crippen LogP contribution in [0, 0.1) is 5.92 Å². The molecule has 5 nitrogen and oxygen atoms in total. The van der Waals surface area contributed by atoms with E-state index in [0.29, 0.717) is 19.0 Å². The molecule has 1 aliphatic heterocycles. The molecule has 0 saturated carbocycles. The van der Waals surface area contributed by atoms with E-state index in [0.717, 1.165) is 25.2 Å². The van der Waals surface area contributed by atoms with E-state index < -0.39 is 10.0 Å². The summed E-state index contributed by atoms with van der Waals surface area (Å²) in [7, 11) is -3.06. The van der Waals surface area contributed by atoms with Crippen LogP contribution >= 0.6 is 0 Å². The van der Waals surface area contributed by atoms with Crippen molar-refractivity contribution >= 4 is 10.0 Å². The predicted octanol–water partition coefficient (Wildman–Crippen LogP) is 0.900. The van der Waals surface area contributed by atoms with E-state index in [1.54, 1.807) is 4.31 Å². The summed E-state index contributed by atoms with van der Waals surface area (Å²) in [6.45, 7) is 5.75. The molecule has 2 N–H and O–H groups in total. The van der Waals surface area contributed by atoms with Gasteiger partial charge in [0.2, 0.25) is 10.0 Å². The summed E-state index contributed by atoms with van der Waals surface area (Å²) in [5.74, 6) is 0.331. The van der Waals surface area contributed by atoms with E-state index in [-0.39, 0.29) is 6.04 Å². The van der Waals surface area contributed by atoms with Gasteiger partial charge < -0.3 is 10.6 Å². The zero-order valence-corrected chi connectivity index (χ0v) is 13.6. The first-order valence-corrected chi connectivity index (χ1v) is 9.21. The third kappa shape index (κ3) is 4.51. The van der Waals surface area contributed by atoms with Crippen molar-refractivity contribution in [3.8, 4) is 0 Å². The molecule has 118 valence electrons. The molecule has 0 amide bonds. The molecule has 0 bridgehead atoms. The van der Waals surface area contributed by atoms with Crippen LogP contribution in [0.1, 0.15) is 18.5 Å². The van der Waals surface area contributed by atoms with Gasteiger partial charge in [0.05, 0.1) is 6.26 Å². The fourth-order valence-electron chi connectivity index (χ4n) is 2.77. The third-order valence-electron chi connectivity index (χ3n) is 4.14. The molecular formula is C15H25N3O2S. The first kappa shape index (κ1) is 16.4. The highest BCUT2D eigenvalue weighted by Crippen LogP contribution is 2.20. The molecule has 21 heavy (non-hydrogen) atoms. The van der Waals surface area contributed by atoms with Crippen molar-refractivity contribution in [1.29, 1.82) is 0 Å². The summed E-state index contributed by atoms with van der Waals surface area (Å²) < 4.78 is 24.5. The van der Waals surface area contributed by atoms with Crippen LogP contribution in [0.4, 0.5) is 0 Å². The molecule has 1 heterocycles. The van der Waals surface area contributed by atoms with E-state index in [9.17, 15) is 8.42 Å². The minimum Gasteiger partial charge on any atom is -0.324 e. The Bertz CT molecular complexity index is 539. The second kappa shape index (κ2) is 6.87. The van der Waals surface area contributed by atoms with Gasteiger partial charge in [0.25, 0.3) is 0 Å². The zero-order chi connectivity index (χ0) is 15.5. The molecule has 1 aromatic carbocycles. The van der Waals surface area contributed by atoms with Crippen LogP contribution < -0.4 is 5.73 Å². The first-order chi connectivity index (χ1) is 9.88. The van der Waals surface area contributed by atoms with E-state index >= 15 is 0 Å². The number of sulfonamides is 1. The molecule has 2 atom stereocenters. The van der Waals surface area contributed by atoms with E-state index in [1.807, 2.05) is 18.2 Å². The first-order valence-electron chi connectivity index (χ1n) is 7.36. The monoisotopic (exact) mass is 311 g/mol. The van der Waals surface area contributed by atoms with Crippen LogP contribution in [0.2, 0.25) is 0 Å². The number of benzene rings is 1. The standard InChI is InChI=1S/C15H25N3O2S/c1-13(15(16)14-6-4-3-5-7-14)12-17-8-10-18(11-9-17)21(2,19)20/h3-7,13,15H,8-12,16H2,1-2H3. The van der Waals surface area contributed by atoms with Crippen molar-refractivity contribution in [2.45, 2.75) is 13.0 Å². The molecule has 2 rings (SSSR count). The molecule has 0 aromatic heterocycles. The number of nitrogens with two attached hydrogens (primary N) is 1. The largest absolute Gasteiger partial charge is 0.324 e. The lowest BCUT2D eigenvalue weighted by Crippen LogP contribution is -2.49. The highest BCUT2D eigenvalue weighted by Gasteiger charge is 2.25. The molecule has 6 heteroatoms. The lowest BCUT2D eigenvalue weighted by atomic mass is 9.95. The normalized spacial score (nSPS) is 21.1. The molecule has 2 unspecified atom stereocenters. The van der Waals surface area contributed by atoms with Crippen molar-refractivity contribution < 1.29 is 8.42 Å². The number of hydrogen-bond acceptors (Lipinski definition) is 4. The number of nitrogens with zero attached hydrogens (tertiary/aromatic N) is 2. The van der Waals surface area contributed by atoms with Gasteiger partial charge in [-0.2, -0.15) is 4.31 Å². The maximum Gasteiger partial charge on any atom is 0.211 e. The molecule has 0 aliphatic carbocycles. The van der Waals surface area contributed by atoms with Crippen molar-refractivity contribution in [2.24, 2.45) is 11.7 Å². The zero-order valence-electron chi connectivity index (χ0n) is 12.8. The van der Waals surface area contributed by atoms with Gasteiger partial charge in [0.15, 0.2) is 0 Å². The van der Waals surface area contributed by atoms with Gasteiger partial charge in [-0.25, -0.2) is 8.42 Å². The molecule has 0 spiro atoms. The summed E-state index contributed by atoms with van der Waals surface area (Å²) in [5, 5.41) is 0. The fraction of sp³-hybridized carbons (Fsp3) is 0.600. The smallest absolute Gasteiger partial charge is 0.211 e. The molecule has 1 fully saturated rings. The maximum absolute atomic E-state index is 11.5. The summed E-state index contributed by atoms with van der Waals surface area (Å²) >= 11 is 0. The van der Waals surface area contributed by atoms with Crippen molar-refractivity contribution in [3.05, 3.63) is 35.9 Å². The van der Waals surface area contributed by atoms with Gasteiger partial charge in [-0.15, -0.1) is 0 Å². The minimum absolute atomic E-state index is 0.0131. The summed E-state index contributed by atoms with van der Waals surface area (Å²) in [4.78, 5) is 2.30. The van der Waals surface area contributed by atoms with Crippen LogP contribution in [0.5, 0.6) is 0 Å². The van der Waals surface area contributed by atoms with E-state index in [1.165, 1.54) is 6.26 Å². The van der Waals surface area contributed by atoms with Gasteiger partial charge in [0.1, 0.15) is 0 Å². The van der Waals surface area contributed by atoms with Crippen LogP contribution in [-0.2, 0) is 10.0 Å². The summed E-state index contributed by atoms with van der Waals surface area (Å²) in [5.41, 5.74) is 7.47. The average molecular weight is 311 g/mol. The van der Waals surface area contributed by atoms with Gasteiger partial charge in [0, 0.05) is 38.8 Å². The summed E-state index contributed by atoms with van der Waals surface area (Å²) in [6.07, 6.45) is 1.27. The lowest BCUT2D eigenvalue weighted by Gasteiger charge is -2.35. The fourth-order valence-corrected chi connectivity index (χ4v) is 3.59. The topological polar surface area (TPSA) is 66.6 Å². The second-order valence-corrected chi connectivity index (χ2v) is 7.86. The summed E-state index contributed by atoms with van der Waals surface area (Å²) in [6, 6.07) is 10.1. The Kier molecular flexibility index (Phi) is 5.37. The number of rotatable bonds is 5. The van der Waals surface area contributed by atoms with Crippen LogP contribution in [-0.4, -0.2) is 56.6 Å². The van der Waals surface area contributed by atoms with Gasteiger partial charge >= 0.3 is 0 Å². The molecule has 1 aromatic rings. The van der Waals surface area contributed by atoms with E-state index in [2.05, 4.69) is 24.0 Å². The Morgan fingerprint density at radius 1 is 1.14 bits per heavy atom. The quantitative estimate of drug-likeness (QED) is 0.877. The Hall–Kier alpha value is -0.950. The second-order valence-electron chi connectivity index (χ2n) is 5.88. The SMILES string of the molecule is CC(CN1CCN(S(C)(=O)=O)CC1)C(N)c1ccccc1. The molecular weight excluding hydrogens is 286 g/mol. The molecule has 0 radical (unpaired) electrons. The lowest BCUT2D eigenvalue weighted by molar-refractivity contribution is 0.161. The minimum atomic E-state index is -3.06. The number of hydrogen-bond donors (Lipinski definition) is 1. The van der Waals surface area contributed by atoms with Crippen molar-refractivity contribution in [3.63, 3.8) is 0 Å². The van der Waals surface area contributed by atoms with Gasteiger partial charge in [-0.3, -0.25) is 0 Å². The Morgan fingerprint density at radius 3 is 2.24 bits per heavy atom. The Balaban J connectivity index is 1.86. The van der Waals surface area contributed by atoms with Gasteiger partial charge in [-0.1, -0.05) is 37.3 Å². The average Bonchev–Trinajstić information content (AvgIpc) is 2.47. The van der Waals surface area contributed by atoms with Crippen LogP contribution in [0.15, 0.2) is 30.3 Å². The molecule has 1 aliphatic rings. The van der Waals surface area contributed by atoms with E-state index in [4.69, 9.17) is 5.73 Å². The van der Waals surface area contributed by atoms with Crippen molar-refractivity contribution in [2.75, 3.05) is 39.0 Å². The van der Waals surface area contributed by atoms with Crippen molar-refractivity contribution in [1.82, 2.24) is 9.21 Å². The van der Waals surface area contributed by atoms with Crippen LogP contribution in [0.25, 0.3) is 0 Å². The number of piperazine rings is 1. The highest BCUT2D eigenvalue weighted by molar-refractivity contribution is 7.88. The Morgan fingerprint density at radius 2 is 1.71 bits per heavy atom. The third-order valence-corrected chi connectivity index (χ3v) is 5.45. The maximum atomic E-state index is 11.5. The van der Waals surface area contributed by atoms with Crippen LogP contribution in [0.3, 0.4) is 0 Å². The van der Waals surface area contributed by atoms with Gasteiger partial charge in [-0.05, 0) is 11.5 Å². The Labute approximate surface area is 127 Å². The molecule has 1 saturated heterocycles. The highest BCUT2D eigenvalue weighted by atomic mass is 32.2. The predicted molar refractivity (Wildman–Crippen MR) is 85.4 cm³/mol.